The molecule has 0 bridgehead atoms. The van der Waals surface area contributed by atoms with Crippen LogP contribution >= 0.6 is 147 Å². The van der Waals surface area contributed by atoms with E-state index in [9.17, 15) is 45.7 Å². The van der Waals surface area contributed by atoms with Gasteiger partial charge in [0.1, 0.15) is 0 Å². The smallest absolute Gasteiger partial charge is 0.326 e. The van der Waals surface area contributed by atoms with Crippen LogP contribution in [0.25, 0.3) is 0 Å². The van der Waals surface area contributed by atoms with E-state index in [4.69, 9.17) is 0 Å². The van der Waals surface area contributed by atoms with Crippen molar-refractivity contribution >= 4 is 202 Å². The van der Waals surface area contributed by atoms with Gasteiger partial charge in [0.05, 0.1) is 21.1 Å². The summed E-state index contributed by atoms with van der Waals surface area (Å²) in [5, 5.41) is 18.8. The predicted octanol–water partition coefficient (Wildman–Crippen LogP) is 14.0. The molecule has 0 spiro atoms. The fourth-order valence-electron chi connectivity index (χ4n) is 10.3. The number of aliphatic carboxylic acids is 2. The molecule has 0 amide bonds. The Morgan fingerprint density at radius 3 is 1.92 bits per heavy atom. The highest BCUT2D eigenvalue weighted by Gasteiger charge is 2.51. The van der Waals surface area contributed by atoms with Crippen molar-refractivity contribution in [3.63, 3.8) is 0 Å². The maximum Gasteiger partial charge on any atom is 0.326 e. The quantitative estimate of drug-likeness (QED) is 0.0252. The molecule has 0 aromatic heterocycles. The van der Waals surface area contributed by atoms with E-state index in [0.717, 1.165) is 108 Å². The van der Waals surface area contributed by atoms with E-state index in [1.54, 1.807) is 16.3 Å². The summed E-state index contributed by atoms with van der Waals surface area (Å²) in [4.78, 5) is 29.2. The molecule has 2 unspecified atom stereocenters. The van der Waals surface area contributed by atoms with Gasteiger partial charge in [-0.1, -0.05) is 49.6 Å². The summed E-state index contributed by atoms with van der Waals surface area (Å²) in [6, 6.07) is 12.5. The van der Waals surface area contributed by atoms with Crippen molar-refractivity contribution in [2.75, 3.05) is 42.1 Å². The highest BCUT2D eigenvalue weighted by Crippen LogP contribution is 2.55. The number of rotatable bonds is 24. The molecule has 3 aromatic carbocycles. The zero-order valence-electron chi connectivity index (χ0n) is 41.3. The zero-order chi connectivity index (χ0) is 54.5. The van der Waals surface area contributed by atoms with Crippen LogP contribution in [0.1, 0.15) is 115 Å². The van der Waals surface area contributed by atoms with Crippen LogP contribution in [0.2, 0.25) is 0 Å². The number of hydrogen-bond acceptors (Lipinski definition) is 10. The van der Waals surface area contributed by atoms with Crippen molar-refractivity contribution in [3.05, 3.63) is 115 Å². The summed E-state index contributed by atoms with van der Waals surface area (Å²) in [7, 11) is -5.00. The van der Waals surface area contributed by atoms with Crippen molar-refractivity contribution in [1.29, 1.82) is 0 Å². The standard InChI is InChI=1S/C52H59I6N3O10S3/c1-51(25-9-5-7-15-42(62)63)40(60(27-12-28-73(66,67)68)38-29-36(53)46(55)48(57)44(38)51)23-17-32-13-11-14-33(50(32)72-35-21-19-34(20-22-35)59(3)4)18-24-41-52(2,26-10-6-8-16-43(64)65)45-39(61(41)31-74(69,70)71)30-37(54)47(56)49(45)58/h17-24,29-30H,5-16,25-28,31H2,1-4H3,(H3-,62,63,64,65,66,67,68,69,70,71). The van der Waals surface area contributed by atoms with E-state index >= 15 is 0 Å². The summed E-state index contributed by atoms with van der Waals surface area (Å²) in [6.45, 7) is 4.64. The summed E-state index contributed by atoms with van der Waals surface area (Å²) in [5.41, 5.74) is 7.40. The van der Waals surface area contributed by atoms with Gasteiger partial charge in [-0.2, -0.15) is 13.0 Å². The van der Waals surface area contributed by atoms with Gasteiger partial charge in [0, 0.05) is 111 Å². The van der Waals surface area contributed by atoms with Gasteiger partial charge in [-0.25, -0.2) is 8.42 Å². The average Bonchev–Trinajstić information content (AvgIpc) is 3.66. The Hall–Kier alpha value is -0.620. The number of carbonyl (C=O) groups is 2. The fourth-order valence-corrected chi connectivity index (χ4v) is 17.8. The molecule has 0 radical (unpaired) electrons. The Kier molecular flexibility index (Phi) is 22.6. The Labute approximate surface area is 522 Å². The van der Waals surface area contributed by atoms with Crippen LogP contribution in [0.4, 0.5) is 17.1 Å². The van der Waals surface area contributed by atoms with Gasteiger partial charge in [0.25, 0.3) is 5.88 Å². The second kappa shape index (κ2) is 26.8. The minimum absolute atomic E-state index is 0.0634. The Morgan fingerprint density at radius 2 is 1.35 bits per heavy atom. The summed E-state index contributed by atoms with van der Waals surface area (Å²) in [6.07, 6.45) is 16.3. The molecule has 402 valence electrons. The van der Waals surface area contributed by atoms with Gasteiger partial charge in [0.2, 0.25) is 5.69 Å². The fraction of sp³-hybridized carbons (Fsp3) is 0.442. The third kappa shape index (κ3) is 15.4. The first kappa shape index (κ1) is 62.6. The zero-order valence-corrected chi connectivity index (χ0v) is 56.7. The number of carboxylic acid groups (broad SMARTS) is 2. The second-order valence-corrected chi connectivity index (χ2v) is 30.1. The number of hydrogen-bond donors (Lipinski definition) is 3. The van der Waals surface area contributed by atoms with Crippen LogP contribution in [0.3, 0.4) is 0 Å². The Balaban J connectivity index is 1.56. The number of halogens is 6. The molecule has 0 saturated carbocycles. The third-order valence-electron chi connectivity index (χ3n) is 13.8. The van der Waals surface area contributed by atoms with E-state index in [1.807, 2.05) is 31.1 Å². The molecule has 3 aromatic rings. The number of thioether (sulfide) groups is 1. The number of allylic oxidation sites excluding steroid dienone is 7. The number of nitrogens with zero attached hydrogens (tertiary/aromatic N) is 3. The van der Waals surface area contributed by atoms with E-state index in [2.05, 4.69) is 203 Å². The monoisotopic (exact) mass is 1740 g/mol. The molecular formula is C52H59I6N3O10S3. The molecule has 74 heavy (non-hydrogen) atoms. The predicted molar refractivity (Wildman–Crippen MR) is 346 cm³/mol. The van der Waals surface area contributed by atoms with E-state index in [0.29, 0.717) is 50.8 Å². The van der Waals surface area contributed by atoms with Crippen LogP contribution in [0.15, 0.2) is 87.3 Å². The average molecular weight is 1740 g/mol. The number of fused-ring (bicyclic) bond motifs is 2. The lowest BCUT2D eigenvalue weighted by atomic mass is 9.75. The molecule has 2 aliphatic heterocycles. The van der Waals surface area contributed by atoms with Crippen molar-refractivity contribution in [2.24, 2.45) is 0 Å². The molecule has 2 heterocycles. The first-order valence-corrected chi connectivity index (χ1v) is 34.5. The molecule has 22 heteroatoms. The largest absolute Gasteiger partial charge is 0.748 e. The van der Waals surface area contributed by atoms with Gasteiger partial charge in [-0.3, -0.25) is 14.1 Å². The maximum absolute atomic E-state index is 12.9. The lowest BCUT2D eigenvalue weighted by Crippen LogP contribution is -2.33. The number of anilines is 2. The van der Waals surface area contributed by atoms with Crippen molar-refractivity contribution in [3.8, 4) is 0 Å². The summed E-state index contributed by atoms with van der Waals surface area (Å²) >= 11 is 15.7. The van der Waals surface area contributed by atoms with E-state index in [-0.39, 0.29) is 19.3 Å². The van der Waals surface area contributed by atoms with Crippen LogP contribution in [-0.2, 0) is 40.7 Å². The van der Waals surface area contributed by atoms with Crippen LogP contribution in [0, 0.1) is 21.4 Å². The second-order valence-electron chi connectivity index (χ2n) is 19.4. The molecule has 13 nitrogen and oxygen atoms in total. The van der Waals surface area contributed by atoms with Crippen LogP contribution < -0.4 is 9.80 Å². The number of carboxylic acids is 2. The lowest BCUT2D eigenvalue weighted by molar-refractivity contribution is -0.416. The summed E-state index contributed by atoms with van der Waals surface area (Å²) < 4.78 is 80.3. The minimum atomic E-state index is -4.51. The molecule has 2 atom stereocenters. The third-order valence-corrected chi connectivity index (χ3v) is 26.7. The summed E-state index contributed by atoms with van der Waals surface area (Å²) in [5.74, 6) is -2.82. The lowest BCUT2D eigenvalue weighted by Gasteiger charge is -2.31. The van der Waals surface area contributed by atoms with Crippen molar-refractivity contribution < 1.29 is 50.3 Å². The van der Waals surface area contributed by atoms with Crippen molar-refractivity contribution in [1.82, 2.24) is 0 Å². The Bertz CT molecular complexity index is 3070. The first-order chi connectivity index (χ1) is 34.7. The van der Waals surface area contributed by atoms with Gasteiger partial charge >= 0.3 is 22.1 Å². The van der Waals surface area contributed by atoms with Gasteiger partial charge in [-0.15, -0.1) is 0 Å². The molecular weight excluding hydrogens is 1680 g/mol. The van der Waals surface area contributed by atoms with E-state index in [1.165, 1.54) is 0 Å². The molecule has 6 rings (SSSR count). The molecule has 3 N–H and O–H groups in total. The minimum Gasteiger partial charge on any atom is -0.748 e. The Morgan fingerprint density at radius 1 is 0.770 bits per heavy atom. The highest BCUT2D eigenvalue weighted by molar-refractivity contribution is 14.1. The number of benzene rings is 3. The van der Waals surface area contributed by atoms with Crippen molar-refractivity contribution in [2.45, 2.75) is 119 Å². The molecule has 3 aliphatic rings. The van der Waals surface area contributed by atoms with Gasteiger partial charge in [-0.05, 0) is 248 Å². The normalized spacial score (nSPS) is 20.1. The van der Waals surface area contributed by atoms with Crippen LogP contribution in [0.5, 0.6) is 0 Å². The SMILES string of the molecule is CN(C)c1ccc(SC2=C(C=CC3=[N+](CS(=O)(=O)O)c4cc(I)c(I)c(I)c4C3(C)CCCCCC(=O)O)CCCC2=CC=C2N(CCCS(=O)(=O)[O-])c3cc(I)c(I)c(I)c3C2(C)CCCCCC(=O)O)cc1. The topological polar surface area (TPSA) is 196 Å². The first-order valence-electron chi connectivity index (χ1n) is 24.1. The number of unbranched alkanes of at least 4 members (excludes halogenated alkanes) is 4. The molecule has 1 aliphatic carbocycles. The molecule has 0 saturated heterocycles. The van der Waals surface area contributed by atoms with Gasteiger partial charge < -0.3 is 24.6 Å². The molecule has 0 fully saturated rings. The maximum atomic E-state index is 12.9. The van der Waals surface area contributed by atoms with Gasteiger partial charge in [0.15, 0.2) is 5.71 Å². The van der Waals surface area contributed by atoms with E-state index < -0.39 is 54.6 Å². The highest BCUT2D eigenvalue weighted by atomic mass is 127. The van der Waals surface area contributed by atoms with Crippen LogP contribution in [-0.4, -0.2) is 90.6 Å².